The van der Waals surface area contributed by atoms with Crippen LogP contribution < -0.4 is 5.32 Å². The summed E-state index contributed by atoms with van der Waals surface area (Å²) in [6.45, 7) is 1.83. The predicted molar refractivity (Wildman–Crippen MR) is 113 cm³/mol. The third-order valence-electron chi connectivity index (χ3n) is 4.88. The maximum Gasteiger partial charge on any atom is 0.330 e. The maximum absolute atomic E-state index is 11.7. The van der Waals surface area contributed by atoms with Gasteiger partial charge in [0.05, 0.1) is 12.0 Å². The van der Waals surface area contributed by atoms with Gasteiger partial charge in [0.2, 0.25) is 5.91 Å². The van der Waals surface area contributed by atoms with Gasteiger partial charge in [-0.2, -0.15) is 0 Å². The summed E-state index contributed by atoms with van der Waals surface area (Å²) in [5, 5.41) is 14.5. The van der Waals surface area contributed by atoms with Crippen LogP contribution in [-0.4, -0.2) is 35.4 Å². The van der Waals surface area contributed by atoms with Crippen LogP contribution in [-0.2, 0) is 27.4 Å². The smallest absolute Gasteiger partial charge is 0.330 e. The molecule has 0 saturated carbocycles. The number of nitro benzene ring substituents is 1. The Balaban J connectivity index is 1.64. The number of hydrogen-bond acceptors (Lipinski definition) is 6. The van der Waals surface area contributed by atoms with Crippen molar-refractivity contribution in [1.82, 2.24) is 4.90 Å². The molecule has 1 aliphatic heterocycles. The average molecular weight is 409 g/mol. The first kappa shape index (κ1) is 21.0. The highest BCUT2D eigenvalue weighted by atomic mass is 16.6. The van der Waals surface area contributed by atoms with Gasteiger partial charge >= 0.3 is 5.97 Å². The quantitative estimate of drug-likeness (QED) is 0.310. The molecule has 30 heavy (non-hydrogen) atoms. The lowest BCUT2D eigenvalue weighted by Crippen LogP contribution is -2.23. The SMILES string of the molecule is COC(=O)C=Cc1ccc(NCc2ccc(CN3CCCC3=O)cc2)c([N+](=O)[O-])c1. The zero-order valence-electron chi connectivity index (χ0n) is 16.7. The van der Waals surface area contributed by atoms with Gasteiger partial charge in [0, 0.05) is 38.2 Å². The monoisotopic (exact) mass is 409 g/mol. The second-order valence-corrected chi connectivity index (χ2v) is 6.98. The largest absolute Gasteiger partial charge is 0.466 e. The summed E-state index contributed by atoms with van der Waals surface area (Å²) < 4.78 is 4.52. The number of carbonyl (C=O) groups is 2. The van der Waals surface area contributed by atoms with Crippen LogP contribution in [0, 0.1) is 10.1 Å². The fourth-order valence-electron chi connectivity index (χ4n) is 3.24. The lowest BCUT2D eigenvalue weighted by Gasteiger charge is -2.15. The molecule has 1 N–H and O–H groups in total. The van der Waals surface area contributed by atoms with Crippen molar-refractivity contribution in [3.8, 4) is 0 Å². The van der Waals surface area contributed by atoms with Crippen molar-refractivity contribution in [2.24, 2.45) is 0 Å². The number of nitro groups is 1. The van der Waals surface area contributed by atoms with Crippen LogP contribution in [0.2, 0.25) is 0 Å². The van der Waals surface area contributed by atoms with Crippen LogP contribution in [0.4, 0.5) is 11.4 Å². The molecule has 8 heteroatoms. The number of rotatable bonds is 8. The van der Waals surface area contributed by atoms with Crippen LogP contribution >= 0.6 is 0 Å². The molecule has 0 aliphatic carbocycles. The number of hydrogen-bond donors (Lipinski definition) is 1. The summed E-state index contributed by atoms with van der Waals surface area (Å²) in [6, 6.07) is 12.5. The molecule has 3 rings (SSSR count). The molecular formula is C22H23N3O5. The lowest BCUT2D eigenvalue weighted by molar-refractivity contribution is -0.384. The van der Waals surface area contributed by atoms with E-state index in [0.29, 0.717) is 30.8 Å². The molecule has 1 fully saturated rings. The Kier molecular flexibility index (Phi) is 6.79. The fraction of sp³-hybridized carbons (Fsp3) is 0.273. The van der Waals surface area contributed by atoms with Crippen molar-refractivity contribution in [3.05, 3.63) is 75.3 Å². The van der Waals surface area contributed by atoms with Gasteiger partial charge < -0.3 is 15.0 Å². The van der Waals surface area contributed by atoms with Crippen molar-refractivity contribution >= 4 is 29.3 Å². The first-order valence-corrected chi connectivity index (χ1v) is 9.60. The second-order valence-electron chi connectivity index (χ2n) is 6.98. The van der Waals surface area contributed by atoms with Gasteiger partial charge in [-0.3, -0.25) is 14.9 Å². The molecule has 0 radical (unpaired) electrons. The first-order chi connectivity index (χ1) is 14.5. The summed E-state index contributed by atoms with van der Waals surface area (Å²) in [7, 11) is 1.26. The van der Waals surface area contributed by atoms with Crippen molar-refractivity contribution < 1.29 is 19.2 Å². The summed E-state index contributed by atoms with van der Waals surface area (Å²) in [5.74, 6) is -0.338. The molecule has 1 aliphatic rings. The Morgan fingerprint density at radius 1 is 1.23 bits per heavy atom. The van der Waals surface area contributed by atoms with E-state index in [9.17, 15) is 19.7 Å². The van der Waals surface area contributed by atoms with E-state index in [0.717, 1.165) is 24.1 Å². The third-order valence-corrected chi connectivity index (χ3v) is 4.88. The Morgan fingerprint density at radius 3 is 2.60 bits per heavy atom. The Bertz CT molecular complexity index is 969. The number of amides is 1. The number of methoxy groups -OCH3 is 1. The number of nitrogens with zero attached hydrogens (tertiary/aromatic N) is 2. The average Bonchev–Trinajstić information content (AvgIpc) is 3.16. The summed E-state index contributed by atoms with van der Waals surface area (Å²) >= 11 is 0. The van der Waals surface area contributed by atoms with E-state index in [2.05, 4.69) is 10.1 Å². The molecule has 0 aromatic heterocycles. The van der Waals surface area contributed by atoms with Crippen LogP contribution in [0.15, 0.2) is 48.5 Å². The molecule has 1 amide bonds. The molecule has 156 valence electrons. The zero-order chi connectivity index (χ0) is 21.5. The van der Waals surface area contributed by atoms with Crippen LogP contribution in [0.5, 0.6) is 0 Å². The van der Waals surface area contributed by atoms with Crippen LogP contribution in [0.3, 0.4) is 0 Å². The minimum atomic E-state index is -0.530. The molecular weight excluding hydrogens is 386 g/mol. The molecule has 0 bridgehead atoms. The molecule has 0 unspecified atom stereocenters. The van der Waals surface area contributed by atoms with Gasteiger partial charge in [0.25, 0.3) is 5.69 Å². The second kappa shape index (κ2) is 9.69. The summed E-state index contributed by atoms with van der Waals surface area (Å²) in [6.07, 6.45) is 4.21. The van der Waals surface area contributed by atoms with Gasteiger partial charge in [-0.25, -0.2) is 4.79 Å². The number of benzene rings is 2. The summed E-state index contributed by atoms with van der Waals surface area (Å²) in [4.78, 5) is 35.8. The standard InChI is InChI=1S/C22H23N3O5/c1-30-22(27)11-9-16-8-10-19(20(13-16)25(28)29)23-14-17-4-6-18(7-5-17)15-24-12-2-3-21(24)26/h4-11,13,23H,2-3,12,14-15H2,1H3. The Morgan fingerprint density at radius 2 is 1.97 bits per heavy atom. The van der Waals surface area contributed by atoms with E-state index < -0.39 is 10.9 Å². The number of esters is 1. The zero-order valence-corrected chi connectivity index (χ0v) is 16.7. The van der Waals surface area contributed by atoms with Crippen LogP contribution in [0.25, 0.3) is 6.08 Å². The van der Waals surface area contributed by atoms with Gasteiger partial charge in [-0.05, 0) is 35.3 Å². The number of carbonyl (C=O) groups excluding carboxylic acids is 2. The van der Waals surface area contributed by atoms with Gasteiger partial charge in [0.15, 0.2) is 0 Å². The third kappa shape index (κ3) is 5.44. The van der Waals surface area contributed by atoms with Gasteiger partial charge in [-0.1, -0.05) is 30.3 Å². The Hall–Kier alpha value is -3.68. The van der Waals surface area contributed by atoms with E-state index in [4.69, 9.17) is 0 Å². The first-order valence-electron chi connectivity index (χ1n) is 9.60. The highest BCUT2D eigenvalue weighted by Crippen LogP contribution is 2.27. The molecule has 0 spiro atoms. The van der Waals surface area contributed by atoms with Crippen molar-refractivity contribution in [3.63, 3.8) is 0 Å². The molecule has 0 atom stereocenters. The topological polar surface area (TPSA) is 102 Å². The van der Waals surface area contributed by atoms with Crippen molar-refractivity contribution in [2.75, 3.05) is 19.0 Å². The van der Waals surface area contributed by atoms with Crippen LogP contribution in [0.1, 0.15) is 29.5 Å². The van der Waals surface area contributed by atoms with Crippen molar-refractivity contribution in [2.45, 2.75) is 25.9 Å². The van der Waals surface area contributed by atoms with Gasteiger partial charge in [-0.15, -0.1) is 0 Å². The van der Waals surface area contributed by atoms with E-state index in [1.807, 2.05) is 29.2 Å². The number of likely N-dealkylation sites (tertiary alicyclic amines) is 1. The molecule has 1 saturated heterocycles. The fourth-order valence-corrected chi connectivity index (χ4v) is 3.24. The molecule has 2 aromatic carbocycles. The lowest BCUT2D eigenvalue weighted by atomic mass is 10.1. The van der Waals surface area contributed by atoms with E-state index in [1.54, 1.807) is 12.1 Å². The molecule has 8 nitrogen and oxygen atoms in total. The summed E-state index contributed by atoms with van der Waals surface area (Å²) in [5.41, 5.74) is 2.86. The maximum atomic E-state index is 11.7. The molecule has 2 aromatic rings. The minimum Gasteiger partial charge on any atom is -0.466 e. The Labute approximate surface area is 174 Å². The number of nitrogens with one attached hydrogen (secondary N) is 1. The number of ether oxygens (including phenoxy) is 1. The van der Waals surface area contributed by atoms with Crippen molar-refractivity contribution in [1.29, 1.82) is 0 Å². The van der Waals surface area contributed by atoms with E-state index in [-0.39, 0.29) is 11.6 Å². The molecule has 1 heterocycles. The van der Waals surface area contributed by atoms with E-state index >= 15 is 0 Å². The van der Waals surface area contributed by atoms with E-state index in [1.165, 1.54) is 25.3 Å². The normalized spacial score (nSPS) is 13.6. The highest BCUT2D eigenvalue weighted by Gasteiger charge is 2.20. The number of anilines is 1. The predicted octanol–water partition coefficient (Wildman–Crippen LogP) is 3.52. The minimum absolute atomic E-state index is 0.0776. The van der Waals surface area contributed by atoms with Gasteiger partial charge in [0.1, 0.15) is 5.69 Å². The highest BCUT2D eigenvalue weighted by molar-refractivity contribution is 5.87.